The Morgan fingerprint density at radius 3 is 2.30 bits per heavy atom. The van der Waals surface area contributed by atoms with E-state index in [0.29, 0.717) is 12.2 Å². The van der Waals surface area contributed by atoms with Crippen molar-refractivity contribution in [3.63, 3.8) is 0 Å². The summed E-state index contributed by atoms with van der Waals surface area (Å²) >= 11 is 0. The number of aromatic nitrogens is 2. The predicted octanol–water partition coefficient (Wildman–Crippen LogP) is 2.56. The van der Waals surface area contributed by atoms with Crippen LogP contribution in [0.1, 0.15) is 41.5 Å². The lowest BCUT2D eigenvalue weighted by Crippen LogP contribution is -2.38. The molecule has 1 aliphatic heterocycles. The molecule has 0 unspecified atom stereocenters. The Morgan fingerprint density at radius 2 is 1.64 bits per heavy atom. The Hall–Kier alpha value is -3.72. The summed E-state index contributed by atoms with van der Waals surface area (Å²) in [6, 6.07) is 16.8. The molecule has 3 aromatic rings. The minimum Gasteiger partial charge on any atom is -0.473 e. The fourth-order valence-corrected chi connectivity index (χ4v) is 3.81. The molecule has 9 nitrogen and oxygen atoms in total. The van der Waals surface area contributed by atoms with Gasteiger partial charge in [-0.15, -0.1) is 0 Å². The molecule has 0 aliphatic carbocycles. The molecule has 0 bridgehead atoms. The number of rotatable bonds is 5. The van der Waals surface area contributed by atoms with Crippen LogP contribution >= 0.6 is 0 Å². The van der Waals surface area contributed by atoms with E-state index in [9.17, 15) is 4.79 Å². The monoisotopic (exact) mass is 452 g/mol. The Bertz CT molecular complexity index is 1140. The Labute approximate surface area is 191 Å². The van der Waals surface area contributed by atoms with Crippen molar-refractivity contribution >= 4 is 28.7 Å². The summed E-state index contributed by atoms with van der Waals surface area (Å²) < 4.78 is 1.92. The Morgan fingerprint density at radius 1 is 1.00 bits per heavy atom. The Kier molecular flexibility index (Phi) is 7.78. The molecule has 4 rings (SSSR count). The van der Waals surface area contributed by atoms with Gasteiger partial charge in [0.1, 0.15) is 0 Å². The van der Waals surface area contributed by atoms with Gasteiger partial charge in [-0.3, -0.25) is 14.4 Å². The number of nitrogens with zero attached hydrogens (tertiary/aromatic N) is 3. The average molecular weight is 453 g/mol. The number of benzene rings is 2. The zero-order valence-electron chi connectivity index (χ0n) is 18.7. The van der Waals surface area contributed by atoms with Gasteiger partial charge in [-0.2, -0.15) is 5.10 Å². The molecule has 0 saturated carbocycles. The van der Waals surface area contributed by atoms with Crippen molar-refractivity contribution < 1.29 is 24.6 Å². The molecule has 1 amide bonds. The first-order chi connectivity index (χ1) is 15.8. The fourth-order valence-electron chi connectivity index (χ4n) is 3.81. The standard InChI is InChI=1S/C22H26N4O.C2H2O4/c1-16(2)26-20-10-6-5-9-19(20)21(24-26)22(27)23-12-14-25-13-11-17-7-3-4-8-18(17)15-25;3-1(4)2(5)6/h3-10,16H,11-15H2,1-2H3,(H,23,27);(H,3,4)(H,5,6). The maximum atomic E-state index is 12.7. The van der Waals surface area contributed by atoms with Crippen LogP contribution < -0.4 is 5.32 Å². The van der Waals surface area contributed by atoms with Gasteiger partial charge in [0.25, 0.3) is 5.91 Å². The third-order valence-corrected chi connectivity index (χ3v) is 5.42. The highest BCUT2D eigenvalue weighted by Gasteiger charge is 2.19. The molecule has 174 valence electrons. The van der Waals surface area contributed by atoms with E-state index in [1.165, 1.54) is 11.1 Å². The molecule has 1 aromatic heterocycles. The smallest absolute Gasteiger partial charge is 0.414 e. The number of hydrogen-bond donors (Lipinski definition) is 3. The van der Waals surface area contributed by atoms with Gasteiger partial charge in [0.05, 0.1) is 5.52 Å². The van der Waals surface area contributed by atoms with Crippen molar-refractivity contribution in [2.75, 3.05) is 19.6 Å². The number of nitrogens with one attached hydrogen (secondary N) is 1. The van der Waals surface area contributed by atoms with E-state index in [1.54, 1.807) is 0 Å². The van der Waals surface area contributed by atoms with Crippen molar-refractivity contribution in [2.45, 2.75) is 32.9 Å². The zero-order valence-corrected chi connectivity index (χ0v) is 18.7. The summed E-state index contributed by atoms with van der Waals surface area (Å²) in [6.07, 6.45) is 1.08. The van der Waals surface area contributed by atoms with Crippen molar-refractivity contribution in [3.8, 4) is 0 Å². The van der Waals surface area contributed by atoms with Gasteiger partial charge in [-0.1, -0.05) is 42.5 Å². The third kappa shape index (κ3) is 5.95. The normalized spacial score (nSPS) is 13.2. The highest BCUT2D eigenvalue weighted by Crippen LogP contribution is 2.22. The molecule has 33 heavy (non-hydrogen) atoms. The van der Waals surface area contributed by atoms with Crippen LogP contribution in [-0.2, 0) is 22.6 Å². The number of amides is 1. The van der Waals surface area contributed by atoms with Crippen LogP contribution in [0, 0.1) is 0 Å². The molecule has 0 spiro atoms. The maximum Gasteiger partial charge on any atom is 0.414 e. The summed E-state index contributed by atoms with van der Waals surface area (Å²) in [5, 5.41) is 23.3. The lowest BCUT2D eigenvalue weighted by atomic mass is 10.00. The van der Waals surface area contributed by atoms with E-state index in [4.69, 9.17) is 19.8 Å². The summed E-state index contributed by atoms with van der Waals surface area (Å²) in [4.78, 5) is 33.3. The van der Waals surface area contributed by atoms with E-state index in [1.807, 2.05) is 28.9 Å². The summed E-state index contributed by atoms with van der Waals surface area (Å²) in [5.74, 6) is -3.74. The van der Waals surface area contributed by atoms with Crippen LogP contribution in [0.5, 0.6) is 0 Å². The fraction of sp³-hybridized carbons (Fsp3) is 0.333. The first-order valence-corrected chi connectivity index (χ1v) is 10.8. The molecule has 3 N–H and O–H groups in total. The van der Waals surface area contributed by atoms with Crippen LogP contribution in [-0.4, -0.2) is 62.4 Å². The SMILES string of the molecule is CC(C)n1nc(C(=O)NCCN2CCc3ccccc3C2)c2ccccc21.O=C(O)C(=O)O. The molecule has 0 fully saturated rings. The number of carbonyl (C=O) groups is 3. The predicted molar refractivity (Wildman–Crippen MR) is 123 cm³/mol. The van der Waals surface area contributed by atoms with Crippen molar-refractivity contribution in [2.24, 2.45) is 0 Å². The molecular weight excluding hydrogens is 424 g/mol. The topological polar surface area (TPSA) is 125 Å². The van der Waals surface area contributed by atoms with E-state index < -0.39 is 11.9 Å². The van der Waals surface area contributed by atoms with E-state index in [2.05, 4.69) is 53.4 Å². The van der Waals surface area contributed by atoms with Crippen LogP contribution in [0.2, 0.25) is 0 Å². The summed E-state index contributed by atoms with van der Waals surface area (Å²) in [6.45, 7) is 7.63. The largest absolute Gasteiger partial charge is 0.473 e. The number of carboxylic acid groups (broad SMARTS) is 2. The first-order valence-electron chi connectivity index (χ1n) is 10.8. The van der Waals surface area contributed by atoms with Crippen LogP contribution in [0.25, 0.3) is 10.9 Å². The second-order valence-corrected chi connectivity index (χ2v) is 8.07. The lowest BCUT2D eigenvalue weighted by Gasteiger charge is -2.28. The quantitative estimate of drug-likeness (QED) is 0.508. The molecule has 0 saturated heterocycles. The molecule has 0 atom stereocenters. The van der Waals surface area contributed by atoms with Gasteiger partial charge in [0.15, 0.2) is 5.69 Å². The maximum absolute atomic E-state index is 12.7. The lowest BCUT2D eigenvalue weighted by molar-refractivity contribution is -0.159. The molecule has 2 aromatic carbocycles. The number of carboxylic acids is 2. The second-order valence-electron chi connectivity index (χ2n) is 8.07. The average Bonchev–Trinajstić information content (AvgIpc) is 3.19. The van der Waals surface area contributed by atoms with E-state index >= 15 is 0 Å². The molecule has 9 heteroatoms. The van der Waals surface area contributed by atoms with E-state index in [-0.39, 0.29) is 11.9 Å². The number of carbonyl (C=O) groups excluding carboxylic acids is 1. The highest BCUT2D eigenvalue weighted by atomic mass is 16.4. The summed E-state index contributed by atoms with van der Waals surface area (Å²) in [7, 11) is 0. The first kappa shape index (κ1) is 23.9. The molecule has 1 aliphatic rings. The van der Waals surface area contributed by atoms with Crippen molar-refractivity contribution in [3.05, 3.63) is 65.4 Å². The number of hydrogen-bond acceptors (Lipinski definition) is 5. The van der Waals surface area contributed by atoms with Crippen LogP contribution in [0.4, 0.5) is 0 Å². The van der Waals surface area contributed by atoms with Crippen molar-refractivity contribution in [1.29, 1.82) is 0 Å². The number of fused-ring (bicyclic) bond motifs is 2. The molecular formula is C24H28N4O5. The third-order valence-electron chi connectivity index (χ3n) is 5.42. The van der Waals surface area contributed by atoms with Gasteiger partial charge in [-0.25, -0.2) is 9.59 Å². The summed E-state index contributed by atoms with van der Waals surface area (Å²) in [5.41, 5.74) is 4.37. The van der Waals surface area contributed by atoms with Crippen molar-refractivity contribution in [1.82, 2.24) is 20.0 Å². The van der Waals surface area contributed by atoms with E-state index in [0.717, 1.165) is 37.0 Å². The number of aliphatic carboxylic acids is 2. The van der Waals surface area contributed by atoms with Crippen LogP contribution in [0.15, 0.2) is 48.5 Å². The van der Waals surface area contributed by atoms with Gasteiger partial charge in [0.2, 0.25) is 0 Å². The van der Waals surface area contributed by atoms with Gasteiger partial charge in [-0.05, 0) is 37.5 Å². The highest BCUT2D eigenvalue weighted by molar-refractivity contribution is 6.27. The molecule has 2 heterocycles. The Balaban J connectivity index is 0.000000454. The van der Waals surface area contributed by atoms with Gasteiger partial charge < -0.3 is 15.5 Å². The second kappa shape index (κ2) is 10.7. The van der Waals surface area contributed by atoms with Gasteiger partial charge in [0, 0.05) is 37.6 Å². The number of para-hydroxylation sites is 1. The minimum absolute atomic E-state index is 0.0944. The zero-order chi connectivity index (χ0) is 24.0. The molecule has 0 radical (unpaired) electrons. The van der Waals surface area contributed by atoms with Gasteiger partial charge >= 0.3 is 11.9 Å². The van der Waals surface area contributed by atoms with Crippen LogP contribution in [0.3, 0.4) is 0 Å². The minimum atomic E-state index is -1.82.